The molecule has 2 N–H and O–H groups in total. The van der Waals surface area contributed by atoms with Gasteiger partial charge in [-0.3, -0.25) is 25.1 Å². The summed E-state index contributed by atoms with van der Waals surface area (Å²) in [5.74, 6) is 1.34. The van der Waals surface area contributed by atoms with E-state index in [0.29, 0.717) is 44.1 Å². The van der Waals surface area contributed by atoms with Crippen LogP contribution in [-0.4, -0.2) is 109 Å². The minimum atomic E-state index is -0.705. The number of hydrogen-bond acceptors (Lipinski definition) is 9. The molecule has 0 aromatic rings. The van der Waals surface area contributed by atoms with Gasteiger partial charge in [0.2, 0.25) is 5.91 Å². The predicted molar refractivity (Wildman–Crippen MR) is 158 cm³/mol. The van der Waals surface area contributed by atoms with E-state index >= 15 is 0 Å². The zero-order chi connectivity index (χ0) is 29.4. The van der Waals surface area contributed by atoms with Gasteiger partial charge in [-0.25, -0.2) is 0 Å². The summed E-state index contributed by atoms with van der Waals surface area (Å²) in [4.78, 5) is 33.5. The molecule has 42 heavy (non-hydrogen) atoms. The third-order valence-corrected chi connectivity index (χ3v) is 11.5. The van der Waals surface area contributed by atoms with Crippen molar-refractivity contribution >= 4 is 11.7 Å². The number of likely N-dealkylation sites (tertiary alicyclic amines) is 1. The number of hydrogen-bond donors (Lipinski definition) is 2. The number of piperazine rings is 1. The molecule has 4 heterocycles. The van der Waals surface area contributed by atoms with E-state index in [2.05, 4.69) is 47.1 Å². The quantitative estimate of drug-likeness (QED) is 0.456. The van der Waals surface area contributed by atoms with E-state index < -0.39 is 12.0 Å². The number of ether oxygens (including phenoxy) is 2. The molecule has 6 rings (SSSR count). The molecule has 10 atom stereocenters. The monoisotopic (exact) mass is 582 g/mol. The Morgan fingerprint density at radius 3 is 2.67 bits per heavy atom. The van der Waals surface area contributed by atoms with Crippen molar-refractivity contribution in [2.24, 2.45) is 17.8 Å². The Labute approximate surface area is 251 Å². The Bertz CT molecular complexity index is 1070. The van der Waals surface area contributed by atoms with Gasteiger partial charge in [-0.15, -0.1) is 0 Å². The molecule has 0 radical (unpaired) electrons. The minimum Gasteiger partial charge on any atom is -0.364 e. The largest absolute Gasteiger partial charge is 0.364 e. The number of amides is 1. The molecule has 1 amide bonds. The highest BCUT2D eigenvalue weighted by Gasteiger charge is 2.58. The van der Waals surface area contributed by atoms with Crippen molar-refractivity contribution in [1.82, 2.24) is 25.3 Å². The molecular weight excluding hydrogens is 532 g/mol. The van der Waals surface area contributed by atoms with Crippen LogP contribution in [0.2, 0.25) is 0 Å². The molecular formula is C32H50N6O4. The molecule has 9 unspecified atom stereocenters. The maximum absolute atomic E-state index is 14.5. The first-order valence-corrected chi connectivity index (χ1v) is 16.4. The SMILES string of the molecule is C=CC(=O)N1CCN(C2NC(OCC3CCCN3C)NC3C(=O)[C@]4(CCC5C(C)CCCC5O4)CCC32)CC1CC#N. The summed E-state index contributed by atoms with van der Waals surface area (Å²) in [5, 5.41) is 16.9. The summed E-state index contributed by atoms with van der Waals surface area (Å²) in [6.45, 7) is 9.46. The van der Waals surface area contributed by atoms with E-state index in [4.69, 9.17) is 9.47 Å². The number of nitriles is 1. The molecule has 2 saturated carbocycles. The zero-order valence-corrected chi connectivity index (χ0v) is 25.5. The topological polar surface area (TPSA) is 110 Å². The number of ketones is 1. The first kappa shape index (κ1) is 30.2. The lowest BCUT2D eigenvalue weighted by molar-refractivity contribution is -0.204. The maximum Gasteiger partial charge on any atom is 0.246 e. The Kier molecular flexibility index (Phi) is 9.07. The summed E-state index contributed by atoms with van der Waals surface area (Å²) < 4.78 is 13.3. The van der Waals surface area contributed by atoms with Gasteiger partial charge >= 0.3 is 0 Å². The number of nitrogens with zero attached hydrogens (tertiary/aromatic N) is 4. The fraction of sp³-hybridized carbons (Fsp3) is 0.844. The van der Waals surface area contributed by atoms with Gasteiger partial charge in [0.05, 0.1) is 43.5 Å². The molecule has 0 bridgehead atoms. The maximum atomic E-state index is 14.5. The van der Waals surface area contributed by atoms with Crippen LogP contribution in [0.15, 0.2) is 12.7 Å². The minimum absolute atomic E-state index is 0.0492. The third kappa shape index (κ3) is 5.69. The number of carbonyl (C=O) groups is 2. The van der Waals surface area contributed by atoms with Crippen molar-refractivity contribution < 1.29 is 19.1 Å². The van der Waals surface area contributed by atoms with E-state index in [9.17, 15) is 14.9 Å². The molecule has 4 aliphatic heterocycles. The molecule has 10 nitrogen and oxygen atoms in total. The first-order chi connectivity index (χ1) is 20.3. The van der Waals surface area contributed by atoms with Crippen molar-refractivity contribution in [3.63, 3.8) is 0 Å². The molecule has 4 saturated heterocycles. The van der Waals surface area contributed by atoms with Gasteiger partial charge < -0.3 is 19.3 Å². The number of nitrogens with one attached hydrogen (secondary N) is 2. The van der Waals surface area contributed by atoms with E-state index in [-0.39, 0.29) is 48.4 Å². The average Bonchev–Trinajstić information content (AvgIpc) is 3.42. The molecule has 0 aromatic heterocycles. The molecule has 1 spiro atoms. The van der Waals surface area contributed by atoms with Crippen molar-refractivity contribution in [1.29, 1.82) is 5.26 Å². The molecule has 6 fully saturated rings. The van der Waals surface area contributed by atoms with Crippen LogP contribution < -0.4 is 10.6 Å². The molecule has 6 aliphatic rings. The van der Waals surface area contributed by atoms with Crippen molar-refractivity contribution in [2.45, 2.75) is 113 Å². The van der Waals surface area contributed by atoms with Gasteiger partial charge in [0, 0.05) is 31.6 Å². The summed E-state index contributed by atoms with van der Waals surface area (Å²) >= 11 is 0. The molecule has 232 valence electrons. The van der Waals surface area contributed by atoms with Gasteiger partial charge in [0.15, 0.2) is 12.1 Å². The zero-order valence-electron chi connectivity index (χ0n) is 25.5. The van der Waals surface area contributed by atoms with Crippen LogP contribution in [0, 0.1) is 29.1 Å². The summed E-state index contributed by atoms with van der Waals surface area (Å²) in [7, 11) is 2.15. The lowest BCUT2D eigenvalue weighted by Gasteiger charge is -2.56. The van der Waals surface area contributed by atoms with Gasteiger partial charge in [-0.1, -0.05) is 26.3 Å². The van der Waals surface area contributed by atoms with Crippen molar-refractivity contribution in [3.8, 4) is 6.07 Å². The van der Waals surface area contributed by atoms with Gasteiger partial charge in [-0.05, 0) is 76.5 Å². The van der Waals surface area contributed by atoms with Crippen LogP contribution in [0.3, 0.4) is 0 Å². The van der Waals surface area contributed by atoms with E-state index in [1.165, 1.54) is 25.3 Å². The van der Waals surface area contributed by atoms with Crippen molar-refractivity contribution in [2.75, 3.05) is 39.8 Å². The highest BCUT2D eigenvalue weighted by Crippen LogP contribution is 2.48. The number of likely N-dealkylation sites (N-methyl/N-ethyl adjacent to an activating group) is 1. The van der Waals surface area contributed by atoms with E-state index in [1.54, 1.807) is 4.90 Å². The average molecular weight is 583 g/mol. The van der Waals surface area contributed by atoms with Crippen LogP contribution in [0.25, 0.3) is 0 Å². The molecule has 10 heteroatoms. The normalized spacial score (nSPS) is 43.0. The van der Waals surface area contributed by atoms with Gasteiger partial charge in [0.1, 0.15) is 5.60 Å². The van der Waals surface area contributed by atoms with Crippen LogP contribution in [-0.2, 0) is 19.1 Å². The standard InChI is InChI=1S/C32H50N6O4/c1-4-27(39)38-18-17-37(19-22(38)12-15-33)30-25-11-14-32(13-10-24-21(2)7-5-9-26(24)42-32)29(40)28(25)34-31(35-30)41-20-23-8-6-16-36(23)3/h4,21-26,28,30-31,34-35H,1,5-14,16-20H2,2-3H3/t21?,22?,23?,24?,25?,26?,28?,30?,31?,32-/m0/s1. The second kappa shape index (κ2) is 12.6. The van der Waals surface area contributed by atoms with Gasteiger partial charge in [0.25, 0.3) is 0 Å². The highest BCUT2D eigenvalue weighted by atomic mass is 16.5. The molecule has 0 aromatic carbocycles. The highest BCUT2D eigenvalue weighted by molar-refractivity contribution is 5.93. The smallest absolute Gasteiger partial charge is 0.246 e. The summed E-state index contributed by atoms with van der Waals surface area (Å²) in [6, 6.07) is 2.07. The Morgan fingerprint density at radius 2 is 1.93 bits per heavy atom. The predicted octanol–water partition coefficient (Wildman–Crippen LogP) is 2.21. The van der Waals surface area contributed by atoms with Crippen molar-refractivity contribution in [3.05, 3.63) is 12.7 Å². The van der Waals surface area contributed by atoms with Gasteiger partial charge in [-0.2, -0.15) is 5.26 Å². The number of rotatable bonds is 6. The lowest BCUT2D eigenvalue weighted by atomic mass is 9.65. The fourth-order valence-electron chi connectivity index (χ4n) is 9.05. The first-order valence-electron chi connectivity index (χ1n) is 16.4. The van der Waals surface area contributed by atoms with Crippen LogP contribution >= 0.6 is 0 Å². The second-order valence-electron chi connectivity index (χ2n) is 13.8. The number of carbonyl (C=O) groups excluding carboxylic acids is 2. The fourth-order valence-corrected chi connectivity index (χ4v) is 9.05. The number of fused-ring (bicyclic) bond motifs is 2. The summed E-state index contributed by atoms with van der Waals surface area (Å²) in [5.41, 5.74) is -0.705. The Morgan fingerprint density at radius 1 is 1.12 bits per heavy atom. The number of Topliss-reactive ketones (excluding diaryl/α,β-unsaturated/α-hetero) is 1. The van der Waals surface area contributed by atoms with E-state index in [0.717, 1.165) is 45.1 Å². The van der Waals surface area contributed by atoms with Crippen LogP contribution in [0.4, 0.5) is 0 Å². The molecule has 2 aliphatic carbocycles. The van der Waals surface area contributed by atoms with Crippen LogP contribution in [0.5, 0.6) is 0 Å². The second-order valence-corrected chi connectivity index (χ2v) is 13.8. The third-order valence-electron chi connectivity index (χ3n) is 11.5. The Hall–Kier alpha value is -1.87. The van der Waals surface area contributed by atoms with Crippen LogP contribution in [0.1, 0.15) is 71.1 Å². The summed E-state index contributed by atoms with van der Waals surface area (Å²) in [6.07, 6.45) is 10.5. The Balaban J connectivity index is 1.22. The van der Waals surface area contributed by atoms with E-state index in [1.807, 2.05) is 0 Å². The lowest BCUT2D eigenvalue weighted by Crippen LogP contribution is -2.76.